The minimum atomic E-state index is -1.56. The first-order valence-corrected chi connectivity index (χ1v) is 5.08. The number of benzene rings is 1. The van der Waals surface area contributed by atoms with Crippen LogP contribution in [0.25, 0.3) is 0 Å². The lowest BCUT2D eigenvalue weighted by atomic mass is 10.2. The van der Waals surface area contributed by atoms with Crippen LogP contribution in [0.5, 0.6) is 5.75 Å². The first kappa shape index (κ1) is 15.0. The number of hydrogen-bond acceptors (Lipinski definition) is 7. The molecule has 106 valence electrons. The normalized spacial score (nSPS) is 9.45. The summed E-state index contributed by atoms with van der Waals surface area (Å²) in [4.78, 5) is 36.2. The molecule has 0 heterocycles. The number of nitro benzene ring substituents is 1. The van der Waals surface area contributed by atoms with Crippen LogP contribution in [0.4, 0.5) is 11.4 Å². The highest BCUT2D eigenvalue weighted by molar-refractivity contribution is 6.12. The smallest absolute Gasteiger partial charge is 0.369 e. The molecule has 20 heavy (non-hydrogen) atoms. The number of rotatable bonds is 6. The number of anilines is 1. The molecular formula is C11H10N2O7. The van der Waals surface area contributed by atoms with Crippen molar-refractivity contribution in [3.63, 3.8) is 0 Å². The summed E-state index contributed by atoms with van der Waals surface area (Å²) in [5, 5.41) is 19.3. The lowest BCUT2D eigenvalue weighted by molar-refractivity contribution is -0.384. The second-order valence-electron chi connectivity index (χ2n) is 3.42. The highest BCUT2D eigenvalue weighted by atomic mass is 16.7. The Morgan fingerprint density at radius 2 is 2.10 bits per heavy atom. The van der Waals surface area contributed by atoms with Crippen LogP contribution >= 0.6 is 0 Å². The molecule has 1 aromatic rings. The fourth-order valence-electron chi connectivity index (χ4n) is 1.13. The van der Waals surface area contributed by atoms with Crippen LogP contribution in [0.15, 0.2) is 30.4 Å². The van der Waals surface area contributed by atoms with Gasteiger partial charge in [0.15, 0.2) is 5.69 Å². The second kappa shape index (κ2) is 6.18. The van der Waals surface area contributed by atoms with Crippen molar-refractivity contribution in [3.05, 3.63) is 40.5 Å². The third kappa shape index (κ3) is 3.45. The fourth-order valence-corrected chi connectivity index (χ4v) is 1.13. The van der Waals surface area contributed by atoms with E-state index in [2.05, 4.69) is 11.4 Å². The summed E-state index contributed by atoms with van der Waals surface area (Å²) in [6.45, 7) is 2.99. The number of nitrogens with one attached hydrogen (secondary N) is 1. The van der Waals surface area contributed by atoms with E-state index >= 15 is 0 Å². The van der Waals surface area contributed by atoms with Gasteiger partial charge in [0, 0.05) is 12.1 Å². The predicted molar refractivity (Wildman–Crippen MR) is 66.1 cm³/mol. The number of nitro groups is 1. The molecule has 0 amide bonds. The molecule has 0 aliphatic heterocycles. The molecule has 0 radical (unpaired) electrons. The highest BCUT2D eigenvalue weighted by Gasteiger charge is 2.19. The standard InChI is InChI=1S/C11H10N2O7/c1-6(10(14)15)11(16)20-12-8-5-7(19-2)3-4-9(8)13(17)18/h3-5,12H,1H2,2H3,(H,14,15). The Kier molecular flexibility index (Phi) is 4.62. The van der Waals surface area contributed by atoms with Crippen molar-refractivity contribution in [1.29, 1.82) is 0 Å². The van der Waals surface area contributed by atoms with Gasteiger partial charge in [0.2, 0.25) is 0 Å². The topological polar surface area (TPSA) is 128 Å². The van der Waals surface area contributed by atoms with Crippen LogP contribution in [-0.2, 0) is 14.4 Å². The lowest BCUT2D eigenvalue weighted by Gasteiger charge is -2.08. The van der Waals surface area contributed by atoms with Crippen LogP contribution in [0.1, 0.15) is 0 Å². The van der Waals surface area contributed by atoms with Crippen LogP contribution in [0.3, 0.4) is 0 Å². The molecule has 9 heteroatoms. The molecule has 0 unspecified atom stereocenters. The summed E-state index contributed by atoms with van der Waals surface area (Å²) in [6, 6.07) is 3.71. The minimum Gasteiger partial charge on any atom is -0.497 e. The zero-order valence-corrected chi connectivity index (χ0v) is 10.3. The molecule has 0 aromatic heterocycles. The van der Waals surface area contributed by atoms with Crippen LogP contribution < -0.4 is 10.2 Å². The summed E-state index contributed by atoms with van der Waals surface area (Å²) in [5.74, 6) is -2.54. The molecule has 0 fully saturated rings. The number of carboxylic acid groups (broad SMARTS) is 1. The summed E-state index contributed by atoms with van der Waals surface area (Å²) in [5.41, 5.74) is 0.652. The number of ether oxygens (including phenoxy) is 1. The quantitative estimate of drug-likeness (QED) is 0.261. The average molecular weight is 282 g/mol. The van der Waals surface area contributed by atoms with E-state index in [1.165, 1.54) is 19.2 Å². The monoisotopic (exact) mass is 282 g/mol. The number of hydrogen-bond donors (Lipinski definition) is 2. The van der Waals surface area contributed by atoms with E-state index < -0.39 is 22.4 Å². The molecule has 0 saturated heterocycles. The largest absolute Gasteiger partial charge is 0.497 e. The number of carbonyl (C=O) groups excluding carboxylic acids is 1. The minimum absolute atomic E-state index is 0.166. The molecule has 0 saturated carbocycles. The van der Waals surface area contributed by atoms with E-state index in [1.54, 1.807) is 0 Å². The Morgan fingerprint density at radius 1 is 1.45 bits per heavy atom. The van der Waals surface area contributed by atoms with Gasteiger partial charge >= 0.3 is 11.9 Å². The maximum Gasteiger partial charge on any atom is 0.369 e. The average Bonchev–Trinajstić information content (AvgIpc) is 2.42. The molecule has 0 aliphatic rings. The number of carboxylic acids is 1. The summed E-state index contributed by atoms with van der Waals surface area (Å²) in [6.07, 6.45) is 0. The van der Waals surface area contributed by atoms with Gasteiger partial charge in [0.1, 0.15) is 11.3 Å². The maximum absolute atomic E-state index is 11.2. The number of methoxy groups -OCH3 is 1. The van der Waals surface area contributed by atoms with E-state index in [-0.39, 0.29) is 17.1 Å². The molecule has 2 N–H and O–H groups in total. The van der Waals surface area contributed by atoms with Crippen molar-refractivity contribution < 1.29 is 29.2 Å². The van der Waals surface area contributed by atoms with E-state index in [0.29, 0.717) is 0 Å². The number of aliphatic carboxylic acids is 1. The Bertz CT molecular complexity index is 582. The van der Waals surface area contributed by atoms with Gasteiger partial charge in [0.05, 0.1) is 12.0 Å². The Balaban J connectivity index is 2.91. The highest BCUT2D eigenvalue weighted by Crippen LogP contribution is 2.28. The van der Waals surface area contributed by atoms with Crippen molar-refractivity contribution in [1.82, 2.24) is 0 Å². The molecule has 1 aromatic carbocycles. The van der Waals surface area contributed by atoms with Crippen molar-refractivity contribution in [3.8, 4) is 5.75 Å². The number of nitrogens with zero attached hydrogens (tertiary/aromatic N) is 1. The van der Waals surface area contributed by atoms with Crippen molar-refractivity contribution in [2.24, 2.45) is 0 Å². The van der Waals surface area contributed by atoms with Crippen LogP contribution in [0, 0.1) is 10.1 Å². The first-order valence-electron chi connectivity index (χ1n) is 5.08. The van der Waals surface area contributed by atoms with Crippen molar-refractivity contribution in [2.75, 3.05) is 12.6 Å². The third-order valence-corrected chi connectivity index (χ3v) is 2.16. The summed E-state index contributed by atoms with van der Waals surface area (Å²) in [7, 11) is 1.35. The first-order chi connectivity index (χ1) is 9.36. The molecule has 9 nitrogen and oxygen atoms in total. The Labute approximate surface area is 112 Å². The molecule has 1 rings (SSSR count). The summed E-state index contributed by atoms with van der Waals surface area (Å²) >= 11 is 0. The Morgan fingerprint density at radius 3 is 2.60 bits per heavy atom. The predicted octanol–water partition coefficient (Wildman–Crippen LogP) is 1.11. The van der Waals surface area contributed by atoms with Gasteiger partial charge in [-0.3, -0.25) is 10.1 Å². The SMILES string of the molecule is C=C(C(=O)O)C(=O)ONc1cc(OC)ccc1[N+](=O)[O-]. The zero-order chi connectivity index (χ0) is 15.3. The van der Waals surface area contributed by atoms with Gasteiger partial charge in [-0.15, -0.1) is 0 Å². The van der Waals surface area contributed by atoms with Gasteiger partial charge < -0.3 is 14.7 Å². The zero-order valence-electron chi connectivity index (χ0n) is 10.3. The molecular weight excluding hydrogens is 272 g/mol. The van der Waals surface area contributed by atoms with Gasteiger partial charge in [-0.1, -0.05) is 6.58 Å². The summed E-state index contributed by atoms with van der Waals surface area (Å²) < 4.78 is 4.87. The van der Waals surface area contributed by atoms with Crippen LogP contribution in [-0.4, -0.2) is 29.1 Å². The van der Waals surface area contributed by atoms with E-state index in [0.717, 1.165) is 6.07 Å². The van der Waals surface area contributed by atoms with Crippen LogP contribution in [0.2, 0.25) is 0 Å². The molecule has 0 bridgehead atoms. The lowest BCUT2D eigenvalue weighted by Crippen LogP contribution is -2.17. The van der Waals surface area contributed by atoms with Crippen molar-refractivity contribution in [2.45, 2.75) is 0 Å². The molecule has 0 spiro atoms. The van der Waals surface area contributed by atoms with E-state index in [9.17, 15) is 19.7 Å². The number of carbonyl (C=O) groups is 2. The Hall–Kier alpha value is -3.10. The van der Waals surface area contributed by atoms with Gasteiger partial charge in [0.25, 0.3) is 5.69 Å². The van der Waals surface area contributed by atoms with E-state index in [1.807, 2.05) is 5.48 Å². The maximum atomic E-state index is 11.2. The van der Waals surface area contributed by atoms with E-state index in [4.69, 9.17) is 9.84 Å². The molecule has 0 atom stereocenters. The van der Waals surface area contributed by atoms with Gasteiger partial charge in [-0.25, -0.2) is 15.1 Å². The third-order valence-electron chi connectivity index (χ3n) is 2.16. The van der Waals surface area contributed by atoms with Gasteiger partial charge in [-0.05, 0) is 6.07 Å². The second-order valence-corrected chi connectivity index (χ2v) is 3.42. The fraction of sp³-hybridized carbons (Fsp3) is 0.0909. The van der Waals surface area contributed by atoms with Crippen molar-refractivity contribution >= 4 is 23.3 Å². The van der Waals surface area contributed by atoms with Gasteiger partial charge in [-0.2, -0.15) is 0 Å². The molecule has 0 aliphatic carbocycles.